The lowest BCUT2D eigenvalue weighted by molar-refractivity contribution is -0.0908. The summed E-state index contributed by atoms with van der Waals surface area (Å²) in [6.45, 7) is 1.35. The highest BCUT2D eigenvalue weighted by molar-refractivity contribution is 5.28. The van der Waals surface area contributed by atoms with Gasteiger partial charge in [0, 0.05) is 12.0 Å². The molecule has 0 bridgehead atoms. The molecule has 0 unspecified atom stereocenters. The fourth-order valence-electron chi connectivity index (χ4n) is 2.85. The first-order chi connectivity index (χ1) is 8.27. The zero-order chi connectivity index (χ0) is 13.6. The van der Waals surface area contributed by atoms with Gasteiger partial charge in [-0.15, -0.1) is 0 Å². The van der Waals surface area contributed by atoms with Gasteiger partial charge in [-0.2, -0.15) is 0 Å². The van der Waals surface area contributed by atoms with Crippen molar-refractivity contribution in [1.29, 1.82) is 0 Å². The Bertz CT molecular complexity index is 448. The Balaban J connectivity index is 2.45. The average molecular weight is 259 g/mol. The number of rotatable bonds is 2. The van der Waals surface area contributed by atoms with Crippen LogP contribution in [0.25, 0.3) is 0 Å². The third-order valence-electron chi connectivity index (χ3n) is 3.71. The minimum absolute atomic E-state index is 0.00984. The molecular weight excluding hydrogens is 243 g/mol. The summed E-state index contributed by atoms with van der Waals surface area (Å²) in [5.41, 5.74) is 4.33. The summed E-state index contributed by atoms with van der Waals surface area (Å²) in [5.74, 6) is -5.18. The van der Waals surface area contributed by atoms with Crippen LogP contribution in [0.4, 0.5) is 13.2 Å². The number of nitrogens with two attached hydrogens (primary N) is 1. The summed E-state index contributed by atoms with van der Waals surface area (Å²) in [6.07, 6.45) is -1.64. The van der Waals surface area contributed by atoms with Crippen LogP contribution in [0.15, 0.2) is 24.3 Å². The number of aliphatic hydroxyl groups is 1. The van der Waals surface area contributed by atoms with Crippen LogP contribution in [-0.4, -0.2) is 17.1 Å². The normalized spacial score (nSPS) is 30.1. The predicted molar refractivity (Wildman–Crippen MR) is 61.6 cm³/mol. The molecule has 18 heavy (non-hydrogen) atoms. The van der Waals surface area contributed by atoms with Gasteiger partial charge in [0.1, 0.15) is 5.82 Å². The Morgan fingerprint density at radius 1 is 1.39 bits per heavy atom. The van der Waals surface area contributed by atoms with Crippen LogP contribution in [0.3, 0.4) is 0 Å². The van der Waals surface area contributed by atoms with Gasteiger partial charge in [-0.1, -0.05) is 18.2 Å². The van der Waals surface area contributed by atoms with Crippen molar-refractivity contribution in [3.63, 3.8) is 0 Å². The van der Waals surface area contributed by atoms with Crippen LogP contribution in [0.5, 0.6) is 0 Å². The van der Waals surface area contributed by atoms with Crippen LogP contribution in [0.2, 0.25) is 0 Å². The second kappa shape index (κ2) is 4.24. The predicted octanol–water partition coefficient (Wildman–Crippen LogP) is 2.41. The Kier molecular flexibility index (Phi) is 3.15. The summed E-state index contributed by atoms with van der Waals surface area (Å²) in [5, 5.41) is 9.73. The van der Waals surface area contributed by atoms with Gasteiger partial charge >= 0.3 is 0 Å². The molecule has 0 amide bonds. The zero-order valence-corrected chi connectivity index (χ0v) is 10.0. The van der Waals surface area contributed by atoms with Gasteiger partial charge in [-0.25, -0.2) is 13.2 Å². The van der Waals surface area contributed by atoms with Crippen LogP contribution >= 0.6 is 0 Å². The summed E-state index contributed by atoms with van der Waals surface area (Å²) in [4.78, 5) is 0. The second-order valence-corrected chi connectivity index (χ2v) is 5.11. The standard InChI is InChI=1S/C13H16F3NO/c1-12(17,8-4-2-3-5-9(8)14)11-10(18)6-7-13(11,15)16/h2-5,10-11,18H,6-7,17H2,1H3/t10-,11+,12-/m1/s1. The highest BCUT2D eigenvalue weighted by Gasteiger charge is 2.57. The van der Waals surface area contributed by atoms with Gasteiger partial charge in [0.05, 0.1) is 17.6 Å². The zero-order valence-electron chi connectivity index (χ0n) is 10.0. The average Bonchev–Trinajstić information content (AvgIpc) is 2.53. The molecule has 0 radical (unpaired) electrons. The number of benzene rings is 1. The maximum absolute atomic E-state index is 13.8. The van der Waals surface area contributed by atoms with Crippen molar-refractivity contribution in [2.45, 2.75) is 37.3 Å². The van der Waals surface area contributed by atoms with Crippen LogP contribution < -0.4 is 5.73 Å². The van der Waals surface area contributed by atoms with Crippen LogP contribution in [0, 0.1) is 11.7 Å². The molecule has 2 nitrogen and oxygen atoms in total. The van der Waals surface area contributed by atoms with E-state index in [0.717, 1.165) is 0 Å². The molecule has 0 spiro atoms. The highest BCUT2D eigenvalue weighted by Crippen LogP contribution is 2.48. The van der Waals surface area contributed by atoms with Gasteiger partial charge < -0.3 is 10.8 Å². The quantitative estimate of drug-likeness (QED) is 0.856. The molecular formula is C13H16F3NO. The lowest BCUT2D eigenvalue weighted by Gasteiger charge is -2.37. The first-order valence-electron chi connectivity index (χ1n) is 5.86. The summed E-state index contributed by atoms with van der Waals surface area (Å²) < 4.78 is 41.3. The minimum atomic E-state index is -3.08. The van der Waals surface area contributed by atoms with Gasteiger partial charge in [-0.05, 0) is 19.4 Å². The molecule has 1 fully saturated rings. The number of hydrogen-bond acceptors (Lipinski definition) is 2. The topological polar surface area (TPSA) is 46.2 Å². The summed E-state index contributed by atoms with van der Waals surface area (Å²) >= 11 is 0. The molecule has 1 saturated carbocycles. The molecule has 0 aromatic heterocycles. The molecule has 5 heteroatoms. The molecule has 0 heterocycles. The van der Waals surface area contributed by atoms with Crippen LogP contribution in [0.1, 0.15) is 25.3 Å². The van der Waals surface area contributed by atoms with E-state index < -0.39 is 35.7 Å². The maximum atomic E-state index is 13.8. The Morgan fingerprint density at radius 3 is 2.50 bits per heavy atom. The largest absolute Gasteiger partial charge is 0.393 e. The van der Waals surface area contributed by atoms with E-state index in [4.69, 9.17) is 5.73 Å². The molecule has 0 aliphatic heterocycles. The molecule has 1 aliphatic rings. The summed E-state index contributed by atoms with van der Waals surface area (Å²) in [7, 11) is 0. The fourth-order valence-corrected chi connectivity index (χ4v) is 2.85. The number of aliphatic hydroxyl groups excluding tert-OH is 1. The Labute approximate surface area is 104 Å². The molecule has 1 aliphatic carbocycles. The Hall–Kier alpha value is -1.07. The van der Waals surface area contributed by atoms with E-state index in [1.165, 1.54) is 25.1 Å². The van der Waals surface area contributed by atoms with E-state index in [0.29, 0.717) is 0 Å². The van der Waals surface area contributed by atoms with E-state index >= 15 is 0 Å². The molecule has 1 aromatic carbocycles. The van der Waals surface area contributed by atoms with E-state index in [1.807, 2.05) is 0 Å². The molecule has 2 rings (SSSR count). The molecule has 1 aromatic rings. The molecule has 3 N–H and O–H groups in total. The van der Waals surface area contributed by atoms with Gasteiger partial charge in [-0.3, -0.25) is 0 Å². The lowest BCUT2D eigenvalue weighted by Crippen LogP contribution is -2.51. The first kappa shape index (κ1) is 13.4. The van der Waals surface area contributed by atoms with Crippen molar-refractivity contribution in [2.75, 3.05) is 0 Å². The molecule has 3 atom stereocenters. The number of hydrogen-bond donors (Lipinski definition) is 2. The van der Waals surface area contributed by atoms with Gasteiger partial charge in [0.2, 0.25) is 0 Å². The van der Waals surface area contributed by atoms with Crippen molar-refractivity contribution < 1.29 is 18.3 Å². The van der Waals surface area contributed by atoms with Crippen molar-refractivity contribution in [3.8, 4) is 0 Å². The smallest absolute Gasteiger partial charge is 0.255 e. The third kappa shape index (κ3) is 2.01. The third-order valence-corrected chi connectivity index (χ3v) is 3.71. The molecule has 100 valence electrons. The maximum Gasteiger partial charge on any atom is 0.255 e. The van der Waals surface area contributed by atoms with Gasteiger partial charge in [0.15, 0.2) is 0 Å². The van der Waals surface area contributed by atoms with E-state index in [1.54, 1.807) is 6.07 Å². The lowest BCUT2D eigenvalue weighted by atomic mass is 9.76. The Morgan fingerprint density at radius 2 is 2.00 bits per heavy atom. The minimum Gasteiger partial charge on any atom is -0.393 e. The van der Waals surface area contributed by atoms with E-state index in [9.17, 15) is 18.3 Å². The van der Waals surface area contributed by atoms with E-state index in [-0.39, 0.29) is 12.0 Å². The number of alkyl halides is 2. The highest BCUT2D eigenvalue weighted by atomic mass is 19.3. The van der Waals surface area contributed by atoms with Gasteiger partial charge in [0.25, 0.3) is 5.92 Å². The van der Waals surface area contributed by atoms with Crippen molar-refractivity contribution in [1.82, 2.24) is 0 Å². The molecule has 0 saturated heterocycles. The SMILES string of the molecule is C[C@@](N)(c1ccccc1F)[C@@H]1[C@H](O)CCC1(F)F. The van der Waals surface area contributed by atoms with E-state index in [2.05, 4.69) is 0 Å². The fraction of sp³-hybridized carbons (Fsp3) is 0.538. The first-order valence-corrected chi connectivity index (χ1v) is 5.86. The summed E-state index contributed by atoms with van der Waals surface area (Å²) in [6, 6.07) is 5.58. The van der Waals surface area contributed by atoms with Crippen LogP contribution in [-0.2, 0) is 5.54 Å². The number of halogens is 3. The monoisotopic (exact) mass is 259 g/mol. The van der Waals surface area contributed by atoms with Crippen molar-refractivity contribution >= 4 is 0 Å². The van der Waals surface area contributed by atoms with Crippen molar-refractivity contribution in [3.05, 3.63) is 35.6 Å². The van der Waals surface area contributed by atoms with Crippen molar-refractivity contribution in [2.24, 2.45) is 11.7 Å². The second-order valence-electron chi connectivity index (χ2n) is 5.11.